The number of sulfone groups is 1. The van der Waals surface area contributed by atoms with Gasteiger partial charge in [0.25, 0.3) is 5.91 Å². The lowest BCUT2D eigenvalue weighted by molar-refractivity contribution is -0.178. The molecular weight excluding hydrogens is 585 g/mol. The minimum absolute atomic E-state index is 0.0343. The van der Waals surface area contributed by atoms with E-state index in [-0.39, 0.29) is 39.7 Å². The van der Waals surface area contributed by atoms with Gasteiger partial charge in [-0.25, -0.2) is 21.6 Å². The molecule has 2 saturated carbocycles. The number of carbonyl (C=O) groups is 1. The van der Waals surface area contributed by atoms with E-state index in [9.17, 15) is 41.7 Å². The fourth-order valence-corrected chi connectivity index (χ4v) is 8.48. The van der Waals surface area contributed by atoms with Crippen LogP contribution in [0.4, 0.5) is 18.9 Å². The van der Waals surface area contributed by atoms with Crippen molar-refractivity contribution in [2.24, 2.45) is 11.8 Å². The monoisotopic (exact) mass is 610 g/mol. The lowest BCUT2D eigenvalue weighted by atomic mass is 9.69. The summed E-state index contributed by atoms with van der Waals surface area (Å²) in [4.78, 5) is 16.3. The van der Waals surface area contributed by atoms with Gasteiger partial charge in [-0.1, -0.05) is 11.6 Å². The third kappa shape index (κ3) is 5.35. The molecule has 3 aromatic rings. The van der Waals surface area contributed by atoms with E-state index in [0.29, 0.717) is 12.8 Å². The normalized spacial score (nSPS) is 25.5. The number of pyridine rings is 1. The van der Waals surface area contributed by atoms with Gasteiger partial charge in [-0.2, -0.15) is 0 Å². The van der Waals surface area contributed by atoms with E-state index in [4.69, 9.17) is 11.6 Å². The number of nitrogens with one attached hydrogen (secondary N) is 1. The lowest BCUT2D eigenvalue weighted by Gasteiger charge is -2.46. The maximum Gasteiger partial charge on any atom is 0.255 e. The Morgan fingerprint density at radius 2 is 1.68 bits per heavy atom. The summed E-state index contributed by atoms with van der Waals surface area (Å²) in [6.07, 6.45) is -1.74. The fraction of sp³-hybridized carbons (Fsp3) is 0.357. The summed E-state index contributed by atoms with van der Waals surface area (Å²) in [6.45, 7) is 0. The van der Waals surface area contributed by atoms with Crippen molar-refractivity contribution in [1.82, 2.24) is 4.98 Å². The standard InChI is InChI=1S/C28H26ClF3N2O6S/c29-20-6-1-14(27(37)34-18-5-7-21(31)22(32)12-18)9-24(20)41(39,40)19-10-15-2-3-16(11-19)28(15,38)26(36)25(35)23-8-4-17(30)13-33-23/h1,4-9,12-13,15-16,19,25-26,35-36,38H,2-3,10-11H2,(H,34,37)/t15-,16?,19?,25?,26?,28-/m0/s1. The quantitative estimate of drug-likeness (QED) is 0.315. The van der Waals surface area contributed by atoms with Gasteiger partial charge >= 0.3 is 0 Å². The third-order valence-electron chi connectivity index (χ3n) is 8.21. The van der Waals surface area contributed by atoms with E-state index in [1.807, 2.05) is 0 Å². The molecule has 218 valence electrons. The summed E-state index contributed by atoms with van der Waals surface area (Å²) in [5.41, 5.74) is -1.96. The first-order chi connectivity index (χ1) is 19.3. The molecule has 1 amide bonds. The Labute approximate surface area is 238 Å². The average Bonchev–Trinajstić information content (AvgIpc) is 3.10. The van der Waals surface area contributed by atoms with Crippen LogP contribution in [0, 0.1) is 29.3 Å². The molecule has 0 radical (unpaired) electrons. The number of benzene rings is 2. The first-order valence-electron chi connectivity index (χ1n) is 12.8. The highest BCUT2D eigenvalue weighted by molar-refractivity contribution is 7.92. The van der Waals surface area contributed by atoms with Crippen LogP contribution in [0.5, 0.6) is 0 Å². The van der Waals surface area contributed by atoms with Gasteiger partial charge in [0.15, 0.2) is 21.5 Å². The molecule has 4 unspecified atom stereocenters. The third-order valence-corrected chi connectivity index (χ3v) is 10.9. The van der Waals surface area contributed by atoms with Crippen LogP contribution < -0.4 is 5.32 Å². The van der Waals surface area contributed by atoms with Crippen LogP contribution >= 0.6 is 11.6 Å². The summed E-state index contributed by atoms with van der Waals surface area (Å²) >= 11 is 6.26. The summed E-state index contributed by atoms with van der Waals surface area (Å²) < 4.78 is 67.6. The number of halogens is 4. The van der Waals surface area contributed by atoms with Crippen LogP contribution in [-0.4, -0.2) is 51.6 Å². The van der Waals surface area contributed by atoms with E-state index in [1.165, 1.54) is 18.2 Å². The molecule has 0 spiro atoms. The molecule has 2 fully saturated rings. The Hall–Kier alpha value is -3.03. The van der Waals surface area contributed by atoms with E-state index in [1.54, 1.807) is 0 Å². The van der Waals surface area contributed by atoms with Crippen molar-refractivity contribution >= 4 is 33.0 Å². The van der Waals surface area contributed by atoms with Crippen molar-refractivity contribution < 1.29 is 41.7 Å². The van der Waals surface area contributed by atoms with Gasteiger partial charge in [0, 0.05) is 17.3 Å². The zero-order valence-electron chi connectivity index (χ0n) is 21.3. The zero-order chi connectivity index (χ0) is 29.7. The number of nitrogens with zero attached hydrogens (tertiary/aromatic N) is 1. The number of fused-ring (bicyclic) bond motifs is 2. The van der Waals surface area contributed by atoms with Crippen LogP contribution in [0.3, 0.4) is 0 Å². The van der Waals surface area contributed by atoms with Crippen molar-refractivity contribution in [1.29, 1.82) is 0 Å². The zero-order valence-corrected chi connectivity index (χ0v) is 22.9. The van der Waals surface area contributed by atoms with Gasteiger partial charge in [-0.05, 0) is 80.0 Å². The predicted molar refractivity (Wildman–Crippen MR) is 142 cm³/mol. The summed E-state index contributed by atoms with van der Waals surface area (Å²) in [5, 5.41) is 34.6. The molecule has 2 aromatic carbocycles. The van der Waals surface area contributed by atoms with Gasteiger partial charge in [-0.15, -0.1) is 0 Å². The molecule has 1 aromatic heterocycles. The van der Waals surface area contributed by atoms with Crippen LogP contribution in [0.2, 0.25) is 5.02 Å². The predicted octanol–water partition coefficient (Wildman–Crippen LogP) is 4.19. The van der Waals surface area contributed by atoms with Gasteiger partial charge in [-0.3, -0.25) is 9.78 Å². The molecule has 2 bridgehead atoms. The Morgan fingerprint density at radius 1 is 1.00 bits per heavy atom. The molecule has 6 atom stereocenters. The molecule has 1 heterocycles. The Balaban J connectivity index is 1.36. The van der Waals surface area contributed by atoms with Crippen molar-refractivity contribution in [2.75, 3.05) is 5.32 Å². The topological polar surface area (TPSA) is 137 Å². The molecule has 0 saturated heterocycles. The molecule has 8 nitrogen and oxygen atoms in total. The summed E-state index contributed by atoms with van der Waals surface area (Å²) in [7, 11) is -4.14. The van der Waals surface area contributed by atoms with Gasteiger partial charge in [0.05, 0.1) is 32.7 Å². The minimum Gasteiger partial charge on any atom is -0.387 e. The molecule has 2 aliphatic carbocycles. The van der Waals surface area contributed by atoms with E-state index in [0.717, 1.165) is 36.5 Å². The number of anilines is 1. The van der Waals surface area contributed by atoms with E-state index < -0.39 is 68.1 Å². The largest absolute Gasteiger partial charge is 0.387 e. The molecule has 2 aliphatic rings. The number of rotatable bonds is 7. The molecular formula is C28H26ClF3N2O6S. The molecule has 0 aliphatic heterocycles. The number of aliphatic hydroxyl groups is 3. The first kappa shape index (κ1) is 29.5. The number of hydrogen-bond donors (Lipinski definition) is 4. The SMILES string of the molecule is O=C(Nc1ccc(F)c(F)c1)c1ccc(Cl)c(S(=O)(=O)C2CC3CC[C@@H](C2)[C@@]3(O)C(O)C(O)c2ccc(F)cn2)c1. The highest BCUT2D eigenvalue weighted by Crippen LogP contribution is 2.55. The smallest absolute Gasteiger partial charge is 0.255 e. The second-order valence-electron chi connectivity index (χ2n) is 10.5. The Morgan fingerprint density at radius 3 is 2.29 bits per heavy atom. The van der Waals surface area contributed by atoms with E-state index in [2.05, 4.69) is 10.3 Å². The lowest BCUT2D eigenvalue weighted by Crippen LogP contribution is -2.57. The maximum absolute atomic E-state index is 13.8. The second-order valence-corrected chi connectivity index (χ2v) is 13.1. The van der Waals surface area contributed by atoms with Crippen LogP contribution in [0.15, 0.2) is 59.6 Å². The molecule has 13 heteroatoms. The highest BCUT2D eigenvalue weighted by Gasteiger charge is 2.60. The molecule has 4 N–H and O–H groups in total. The number of aliphatic hydroxyl groups excluding tert-OH is 2. The fourth-order valence-electron chi connectivity index (χ4n) is 6.07. The second kappa shape index (κ2) is 11.0. The number of amides is 1. The highest BCUT2D eigenvalue weighted by atomic mass is 35.5. The van der Waals surface area contributed by atoms with Crippen molar-refractivity contribution in [3.8, 4) is 0 Å². The molecule has 41 heavy (non-hydrogen) atoms. The maximum atomic E-state index is 13.8. The number of carbonyl (C=O) groups excluding carboxylic acids is 1. The average molecular weight is 611 g/mol. The van der Waals surface area contributed by atoms with Crippen LogP contribution in [0.1, 0.15) is 47.8 Å². The van der Waals surface area contributed by atoms with Gasteiger partial charge < -0.3 is 20.6 Å². The summed E-state index contributed by atoms with van der Waals surface area (Å²) in [5.74, 6) is -5.04. The number of aromatic nitrogens is 1. The van der Waals surface area contributed by atoms with Crippen molar-refractivity contribution in [3.05, 3.63) is 88.5 Å². The van der Waals surface area contributed by atoms with Crippen LogP contribution in [0.25, 0.3) is 0 Å². The minimum atomic E-state index is -4.14. The number of hydrogen-bond acceptors (Lipinski definition) is 7. The van der Waals surface area contributed by atoms with Gasteiger partial charge in [0.2, 0.25) is 0 Å². The van der Waals surface area contributed by atoms with Crippen molar-refractivity contribution in [3.63, 3.8) is 0 Å². The summed E-state index contributed by atoms with van der Waals surface area (Å²) in [6, 6.07) is 8.69. The van der Waals surface area contributed by atoms with Crippen molar-refractivity contribution in [2.45, 2.75) is 53.6 Å². The Kier molecular flexibility index (Phi) is 7.90. The van der Waals surface area contributed by atoms with Crippen LogP contribution in [-0.2, 0) is 9.84 Å². The van der Waals surface area contributed by atoms with Gasteiger partial charge in [0.1, 0.15) is 18.0 Å². The molecule has 5 rings (SSSR count). The first-order valence-corrected chi connectivity index (χ1v) is 14.7. The Bertz CT molecular complexity index is 1580. The van der Waals surface area contributed by atoms with E-state index >= 15 is 0 Å².